The molecule has 8 heavy (non-hydrogen) atoms. The van der Waals surface area contributed by atoms with Crippen molar-refractivity contribution in [3.63, 3.8) is 0 Å². The fraction of sp³-hybridized carbons (Fsp3) is 0.400. The lowest BCUT2D eigenvalue weighted by molar-refractivity contribution is 0.607. The summed E-state index contributed by atoms with van der Waals surface area (Å²) >= 11 is 0. The molecule has 0 bridgehead atoms. The Balaban J connectivity index is 2.50. The van der Waals surface area contributed by atoms with Crippen LogP contribution in [0.1, 0.15) is 6.42 Å². The molecule has 0 amide bonds. The van der Waals surface area contributed by atoms with E-state index in [2.05, 4.69) is 4.99 Å². The third kappa shape index (κ3) is 1.20. The number of nitrogens with zero attached hydrogens (tertiary/aromatic N) is 1. The van der Waals surface area contributed by atoms with Gasteiger partial charge in [-0.25, -0.2) is 0 Å². The van der Waals surface area contributed by atoms with Gasteiger partial charge in [-0.1, -0.05) is 11.5 Å². The highest BCUT2D eigenvalue weighted by atomic mass is 16.2. The number of hydrogen-bond donors (Lipinski definition) is 1. The van der Waals surface area contributed by atoms with Gasteiger partial charge in [-0.3, -0.25) is 4.99 Å². The summed E-state index contributed by atoms with van der Waals surface area (Å²) in [6.07, 6.45) is 4.39. The van der Waals surface area contributed by atoms with Crippen molar-refractivity contribution >= 4 is 13.7 Å². The molecule has 0 spiro atoms. The maximum Gasteiger partial charge on any atom is 0.322 e. The molecule has 0 aliphatic carbocycles. The molecular formula is C5H7BNO. The Hall–Kier alpha value is -0.565. The fourth-order valence-electron chi connectivity index (χ4n) is 0.608. The molecule has 0 saturated heterocycles. The van der Waals surface area contributed by atoms with Crippen LogP contribution in [-0.2, 0) is 0 Å². The summed E-state index contributed by atoms with van der Waals surface area (Å²) < 4.78 is 0. The van der Waals surface area contributed by atoms with Gasteiger partial charge in [0.15, 0.2) is 0 Å². The second-order valence-corrected chi connectivity index (χ2v) is 1.68. The molecule has 0 aromatic carbocycles. The van der Waals surface area contributed by atoms with Gasteiger partial charge in [-0.15, -0.1) is 0 Å². The van der Waals surface area contributed by atoms with Gasteiger partial charge in [-0.05, 0) is 6.42 Å². The highest BCUT2D eigenvalue weighted by molar-refractivity contribution is 6.37. The van der Waals surface area contributed by atoms with E-state index >= 15 is 0 Å². The first kappa shape index (κ1) is 5.57. The molecule has 1 N–H and O–H groups in total. The highest BCUT2D eigenvalue weighted by Crippen LogP contribution is 2.00. The topological polar surface area (TPSA) is 32.6 Å². The van der Waals surface area contributed by atoms with Gasteiger partial charge in [0.1, 0.15) is 0 Å². The zero-order valence-corrected chi connectivity index (χ0v) is 4.54. The lowest BCUT2D eigenvalue weighted by Crippen LogP contribution is -2.01. The van der Waals surface area contributed by atoms with Crippen LogP contribution in [0.25, 0.3) is 0 Å². The summed E-state index contributed by atoms with van der Waals surface area (Å²) in [5.74, 6) is 0. The molecular weight excluding hydrogens is 101 g/mol. The van der Waals surface area contributed by atoms with Crippen LogP contribution in [0.15, 0.2) is 16.5 Å². The third-order valence-corrected chi connectivity index (χ3v) is 1.09. The van der Waals surface area contributed by atoms with Crippen molar-refractivity contribution in [2.24, 2.45) is 4.99 Å². The number of allylic oxidation sites excluding steroid dienone is 1. The smallest absolute Gasteiger partial charge is 0.322 e. The Morgan fingerprint density at radius 2 is 2.62 bits per heavy atom. The SMILES string of the molecule is O[B]C1=CC=NCC1. The first-order valence-corrected chi connectivity index (χ1v) is 2.60. The molecule has 0 saturated carbocycles. The number of aliphatic imine (C=N–C) groups is 1. The largest absolute Gasteiger partial charge is 0.450 e. The summed E-state index contributed by atoms with van der Waals surface area (Å²) in [5.41, 5.74) is 0.958. The van der Waals surface area contributed by atoms with Crippen molar-refractivity contribution < 1.29 is 5.02 Å². The normalized spacial score (nSPS) is 17.9. The minimum Gasteiger partial charge on any atom is -0.450 e. The minimum absolute atomic E-state index is 0.808. The molecule has 0 aromatic heterocycles. The number of rotatable bonds is 1. The molecule has 0 unspecified atom stereocenters. The van der Waals surface area contributed by atoms with E-state index in [9.17, 15) is 0 Å². The molecule has 1 aliphatic rings. The average Bonchev–Trinajstić information content (AvgIpc) is 1.90. The Morgan fingerprint density at radius 1 is 1.75 bits per heavy atom. The zero-order valence-electron chi connectivity index (χ0n) is 4.54. The van der Waals surface area contributed by atoms with Gasteiger partial charge in [-0.2, -0.15) is 0 Å². The molecule has 0 fully saturated rings. The predicted molar refractivity (Wildman–Crippen MR) is 34.0 cm³/mol. The van der Waals surface area contributed by atoms with E-state index in [1.165, 1.54) is 0 Å². The monoisotopic (exact) mass is 108 g/mol. The standard InChI is InChI=1S/C5H7BNO/c8-6-5-1-3-7-4-2-5/h1,3,8H,2,4H2. The van der Waals surface area contributed by atoms with Crippen LogP contribution in [0.2, 0.25) is 0 Å². The summed E-state index contributed by atoms with van der Waals surface area (Å²) in [6, 6.07) is 0. The summed E-state index contributed by atoms with van der Waals surface area (Å²) in [7, 11) is 1.13. The Labute approximate surface area is 49.2 Å². The van der Waals surface area contributed by atoms with Gasteiger partial charge in [0, 0.05) is 12.8 Å². The molecule has 1 radical (unpaired) electrons. The lowest BCUT2D eigenvalue weighted by Gasteiger charge is -2.01. The van der Waals surface area contributed by atoms with E-state index in [4.69, 9.17) is 5.02 Å². The van der Waals surface area contributed by atoms with E-state index in [0.29, 0.717) is 0 Å². The van der Waals surface area contributed by atoms with Crippen LogP contribution in [-0.4, -0.2) is 25.3 Å². The zero-order chi connectivity index (χ0) is 5.82. The summed E-state index contributed by atoms with van der Waals surface area (Å²) in [4.78, 5) is 3.94. The predicted octanol–water partition coefficient (Wildman–Crippen LogP) is -0.0437. The van der Waals surface area contributed by atoms with Crippen molar-refractivity contribution in [2.75, 3.05) is 6.54 Å². The van der Waals surface area contributed by atoms with Gasteiger partial charge in [0.2, 0.25) is 0 Å². The van der Waals surface area contributed by atoms with Crippen LogP contribution in [0.3, 0.4) is 0 Å². The number of dihydropyridines is 1. The van der Waals surface area contributed by atoms with E-state index in [0.717, 1.165) is 25.9 Å². The summed E-state index contributed by atoms with van der Waals surface area (Å²) in [5, 5.41) is 8.44. The second kappa shape index (κ2) is 2.67. The molecule has 41 valence electrons. The lowest BCUT2D eigenvalue weighted by atomic mass is 9.84. The van der Waals surface area contributed by atoms with Crippen LogP contribution in [0, 0.1) is 0 Å². The Bertz CT molecular complexity index is 130. The van der Waals surface area contributed by atoms with E-state index < -0.39 is 0 Å². The third-order valence-electron chi connectivity index (χ3n) is 1.09. The first-order valence-electron chi connectivity index (χ1n) is 2.60. The molecule has 0 atom stereocenters. The highest BCUT2D eigenvalue weighted by Gasteiger charge is 1.98. The average molecular weight is 108 g/mol. The van der Waals surface area contributed by atoms with Crippen molar-refractivity contribution in [3.8, 4) is 0 Å². The van der Waals surface area contributed by atoms with Crippen molar-refractivity contribution in [3.05, 3.63) is 11.5 Å². The molecule has 0 aromatic rings. The maximum atomic E-state index is 8.44. The molecule has 1 aliphatic heterocycles. The maximum absolute atomic E-state index is 8.44. The van der Waals surface area contributed by atoms with Crippen molar-refractivity contribution in [2.45, 2.75) is 6.42 Å². The summed E-state index contributed by atoms with van der Waals surface area (Å²) in [6.45, 7) is 0.808. The Morgan fingerprint density at radius 3 is 3.00 bits per heavy atom. The van der Waals surface area contributed by atoms with Crippen LogP contribution >= 0.6 is 0 Å². The van der Waals surface area contributed by atoms with E-state index in [-0.39, 0.29) is 0 Å². The van der Waals surface area contributed by atoms with Crippen LogP contribution in [0.4, 0.5) is 0 Å². The minimum atomic E-state index is 0.808. The van der Waals surface area contributed by atoms with Crippen LogP contribution in [0.5, 0.6) is 0 Å². The first-order chi connectivity index (χ1) is 3.93. The molecule has 1 rings (SSSR count). The molecule has 1 heterocycles. The quantitative estimate of drug-likeness (QED) is 0.469. The van der Waals surface area contributed by atoms with E-state index in [1.807, 2.05) is 6.08 Å². The van der Waals surface area contributed by atoms with Crippen molar-refractivity contribution in [1.29, 1.82) is 0 Å². The van der Waals surface area contributed by atoms with Gasteiger partial charge in [0.25, 0.3) is 0 Å². The van der Waals surface area contributed by atoms with Crippen LogP contribution < -0.4 is 0 Å². The second-order valence-electron chi connectivity index (χ2n) is 1.68. The fourth-order valence-corrected chi connectivity index (χ4v) is 0.608. The van der Waals surface area contributed by atoms with Crippen molar-refractivity contribution in [1.82, 2.24) is 0 Å². The molecule has 3 heteroatoms. The number of hydrogen-bond acceptors (Lipinski definition) is 2. The van der Waals surface area contributed by atoms with Gasteiger partial charge < -0.3 is 5.02 Å². The van der Waals surface area contributed by atoms with E-state index in [1.54, 1.807) is 6.21 Å². The molecule has 2 nitrogen and oxygen atoms in total. The van der Waals surface area contributed by atoms with Gasteiger partial charge >= 0.3 is 7.48 Å². The Kier molecular flexibility index (Phi) is 1.86. The van der Waals surface area contributed by atoms with Gasteiger partial charge in [0.05, 0.1) is 0 Å².